The smallest absolute Gasteiger partial charge is 0.462 e. The number of aromatic amines is 1. The van der Waals surface area contributed by atoms with E-state index >= 15 is 0 Å². The van der Waals surface area contributed by atoms with E-state index in [-0.39, 0.29) is 12.7 Å². The maximum atomic E-state index is 12.1. The van der Waals surface area contributed by atoms with Crippen molar-refractivity contribution in [1.29, 1.82) is 0 Å². The van der Waals surface area contributed by atoms with Crippen LogP contribution in [0.4, 0.5) is 0 Å². The van der Waals surface area contributed by atoms with E-state index < -0.39 is 53.8 Å². The number of aliphatic hydroxyl groups is 2. The van der Waals surface area contributed by atoms with Crippen molar-refractivity contribution < 1.29 is 28.8 Å². The van der Waals surface area contributed by atoms with Crippen LogP contribution in [0.1, 0.15) is 33.1 Å². The molecule has 29 heavy (non-hydrogen) atoms. The Kier molecular flexibility index (Phi) is 7.77. The minimum absolute atomic E-state index is 0.218. The molecule has 0 amide bonds. The molecule has 162 valence electrons. The molecule has 2 rings (SSSR count). The van der Waals surface area contributed by atoms with Crippen LogP contribution in [-0.4, -0.2) is 61.4 Å². The van der Waals surface area contributed by atoms with Gasteiger partial charge in [-0.2, -0.15) is 0 Å². The number of ether oxygens (including phenoxy) is 1. The lowest BCUT2D eigenvalue weighted by molar-refractivity contribution is -0.149. The second kappa shape index (κ2) is 9.50. The average molecular weight is 450 g/mol. The van der Waals surface area contributed by atoms with Gasteiger partial charge in [0.1, 0.15) is 23.6 Å². The molecule has 1 unspecified atom stereocenters. The second-order valence-electron chi connectivity index (χ2n) is 7.10. The predicted octanol–water partition coefficient (Wildman–Crippen LogP) is -0.134. The lowest BCUT2D eigenvalue weighted by atomic mass is 9.96. The van der Waals surface area contributed by atoms with Gasteiger partial charge < -0.3 is 14.9 Å². The molecule has 2 heterocycles. The quantitative estimate of drug-likeness (QED) is 0.310. The minimum atomic E-state index is -2.45. The molecule has 0 saturated carbocycles. The predicted molar refractivity (Wildman–Crippen MR) is 106 cm³/mol. The molecule has 6 atom stereocenters. The molecular formula is C16H25N3O8PS+. The summed E-state index contributed by atoms with van der Waals surface area (Å²) in [4.78, 5) is 37.1. The van der Waals surface area contributed by atoms with Crippen LogP contribution in [0.2, 0.25) is 0 Å². The highest BCUT2D eigenvalue weighted by molar-refractivity contribution is 8.00. The zero-order valence-electron chi connectivity index (χ0n) is 16.4. The number of hydrogen-bond acceptors (Lipinski definition) is 9. The van der Waals surface area contributed by atoms with Crippen LogP contribution in [-0.2, 0) is 18.6 Å². The number of thioether (sulfide) groups is 1. The number of nitrogens with zero attached hydrogens (tertiary/aromatic N) is 1. The first kappa shape index (κ1) is 23.7. The molecule has 1 saturated heterocycles. The first-order chi connectivity index (χ1) is 13.4. The van der Waals surface area contributed by atoms with E-state index in [1.807, 2.05) is 0 Å². The van der Waals surface area contributed by atoms with Gasteiger partial charge >= 0.3 is 19.8 Å². The molecule has 0 bridgehead atoms. The van der Waals surface area contributed by atoms with Crippen molar-refractivity contribution >= 4 is 25.9 Å². The summed E-state index contributed by atoms with van der Waals surface area (Å²) in [6.45, 7) is 6.00. The van der Waals surface area contributed by atoms with Gasteiger partial charge in [-0.05, 0) is 32.3 Å². The molecule has 0 radical (unpaired) electrons. The van der Waals surface area contributed by atoms with E-state index in [9.17, 15) is 29.2 Å². The zero-order valence-corrected chi connectivity index (χ0v) is 18.1. The van der Waals surface area contributed by atoms with E-state index in [4.69, 9.17) is 9.26 Å². The van der Waals surface area contributed by atoms with Crippen molar-refractivity contribution in [3.05, 3.63) is 33.1 Å². The molecule has 0 aliphatic carbocycles. The normalized spacial score (nSPS) is 28.4. The fraction of sp³-hybridized carbons (Fsp3) is 0.688. The number of H-pyrrole nitrogens is 1. The topological polar surface area (TPSA) is 160 Å². The fourth-order valence-electron chi connectivity index (χ4n) is 2.71. The Morgan fingerprint density at radius 1 is 1.45 bits per heavy atom. The van der Waals surface area contributed by atoms with Crippen LogP contribution in [0, 0.1) is 0 Å². The number of rotatable bonds is 8. The molecule has 1 aliphatic heterocycles. The third-order valence-electron chi connectivity index (χ3n) is 4.22. The van der Waals surface area contributed by atoms with Gasteiger partial charge in [0.05, 0.1) is 17.5 Å². The van der Waals surface area contributed by atoms with Crippen LogP contribution >= 0.6 is 19.9 Å². The molecule has 0 spiro atoms. The molecule has 13 heteroatoms. The lowest BCUT2D eigenvalue weighted by Crippen LogP contribution is -2.46. The summed E-state index contributed by atoms with van der Waals surface area (Å²) in [6, 6.07) is 0.268. The highest BCUT2D eigenvalue weighted by Gasteiger charge is 2.53. The highest BCUT2D eigenvalue weighted by atomic mass is 32.2. The summed E-state index contributed by atoms with van der Waals surface area (Å²) >= 11 is 1.04. The minimum Gasteiger partial charge on any atom is -0.462 e. The average Bonchev–Trinajstić information content (AvgIpc) is 2.82. The van der Waals surface area contributed by atoms with E-state index in [0.717, 1.165) is 22.4 Å². The van der Waals surface area contributed by atoms with Gasteiger partial charge in [0.25, 0.3) is 5.56 Å². The maximum Gasteiger partial charge on any atom is 0.613 e. The molecule has 0 aromatic carbocycles. The van der Waals surface area contributed by atoms with E-state index in [1.165, 1.54) is 20.0 Å². The summed E-state index contributed by atoms with van der Waals surface area (Å²) in [7, 11) is -2.45. The van der Waals surface area contributed by atoms with Gasteiger partial charge in [-0.3, -0.25) is 19.1 Å². The Morgan fingerprint density at radius 3 is 2.69 bits per heavy atom. The van der Waals surface area contributed by atoms with Gasteiger partial charge in [0.15, 0.2) is 0 Å². The number of carbonyl (C=O) groups is 1. The van der Waals surface area contributed by atoms with Gasteiger partial charge in [-0.25, -0.2) is 4.79 Å². The molecule has 1 aromatic rings. The molecule has 1 aliphatic rings. The van der Waals surface area contributed by atoms with Gasteiger partial charge in [0, 0.05) is 12.3 Å². The van der Waals surface area contributed by atoms with Crippen molar-refractivity contribution in [3.8, 4) is 0 Å². The molecule has 11 nitrogen and oxygen atoms in total. The summed E-state index contributed by atoms with van der Waals surface area (Å²) < 4.78 is 23.4. The van der Waals surface area contributed by atoms with Crippen LogP contribution in [0.25, 0.3) is 0 Å². The largest absolute Gasteiger partial charge is 0.613 e. The Hall–Kier alpha value is -1.56. The summed E-state index contributed by atoms with van der Waals surface area (Å²) in [5, 5.41) is 22.0. The van der Waals surface area contributed by atoms with Gasteiger partial charge in [-0.15, -0.1) is 16.3 Å². The maximum absolute atomic E-state index is 12.1. The Labute approximate surface area is 171 Å². The number of carbonyl (C=O) groups excluding carboxylic acids is 1. The monoisotopic (exact) mass is 450 g/mol. The summed E-state index contributed by atoms with van der Waals surface area (Å²) in [5.41, 5.74) is -3.02. The standard InChI is InChI=1S/C16H24N3O8PS/c1-8(2)27-13(22)9(3)18-28(25)26-7-10-12(21)16(4,24)14(29-10)19-6-5-11(20)17-15(19)23/h5-6,8-10,12,14,21,24H,7H2,1-4H3,(H-,17,18,20,23,25)/p+1/t9-,10+,12+,14+,16+/m0/s1. The van der Waals surface area contributed by atoms with Crippen molar-refractivity contribution in [1.82, 2.24) is 14.6 Å². The van der Waals surface area contributed by atoms with E-state index in [2.05, 4.69) is 10.1 Å². The Morgan fingerprint density at radius 2 is 2.10 bits per heavy atom. The first-order valence-electron chi connectivity index (χ1n) is 8.87. The number of aromatic nitrogens is 2. The SMILES string of the molecule is CC(C)OC(=O)[C@H](C)N[P+](=O)OC[C@H]1S[C@@H](n2ccc(=O)[nH]c2=O)[C@](C)(O)[C@@H]1O. The number of nitrogens with one attached hydrogen (secondary N) is 2. The number of esters is 1. The van der Waals surface area contributed by atoms with Crippen LogP contribution in [0.5, 0.6) is 0 Å². The molecule has 4 N–H and O–H groups in total. The highest BCUT2D eigenvalue weighted by Crippen LogP contribution is 2.48. The first-order valence-corrected chi connectivity index (χ1v) is 11.0. The number of hydrogen-bond donors (Lipinski definition) is 4. The van der Waals surface area contributed by atoms with Crippen LogP contribution in [0.3, 0.4) is 0 Å². The zero-order chi connectivity index (χ0) is 21.9. The second-order valence-corrected chi connectivity index (χ2v) is 9.46. The fourth-order valence-corrected chi connectivity index (χ4v) is 5.22. The Balaban J connectivity index is 2.00. The number of aliphatic hydroxyl groups excluding tert-OH is 1. The van der Waals surface area contributed by atoms with Crippen molar-refractivity contribution in [2.75, 3.05) is 6.61 Å². The summed E-state index contributed by atoms with van der Waals surface area (Å²) in [5.74, 6) is -0.581. The van der Waals surface area contributed by atoms with Crippen molar-refractivity contribution in [2.24, 2.45) is 0 Å². The van der Waals surface area contributed by atoms with Crippen LogP contribution < -0.4 is 16.3 Å². The summed E-state index contributed by atoms with van der Waals surface area (Å²) in [6.07, 6.45) is -0.387. The van der Waals surface area contributed by atoms with Crippen LogP contribution in [0.15, 0.2) is 21.9 Å². The van der Waals surface area contributed by atoms with Gasteiger partial charge in [-0.1, -0.05) is 5.09 Å². The Bertz CT molecular complexity index is 870. The third kappa shape index (κ3) is 5.74. The van der Waals surface area contributed by atoms with E-state index in [1.54, 1.807) is 13.8 Å². The van der Waals surface area contributed by atoms with Crippen molar-refractivity contribution in [3.63, 3.8) is 0 Å². The molecule has 1 fully saturated rings. The third-order valence-corrected chi connectivity index (χ3v) is 6.91. The molecular weight excluding hydrogens is 425 g/mol. The molecule has 1 aromatic heterocycles. The van der Waals surface area contributed by atoms with Gasteiger partial charge in [0.2, 0.25) is 0 Å². The van der Waals surface area contributed by atoms with E-state index in [0.29, 0.717) is 0 Å². The van der Waals surface area contributed by atoms with Crippen molar-refractivity contribution in [2.45, 2.75) is 62.2 Å². The lowest BCUT2D eigenvalue weighted by Gasteiger charge is -2.28.